The zero-order valence-corrected chi connectivity index (χ0v) is 10.6. The highest BCUT2D eigenvalue weighted by atomic mass is 35.5. The van der Waals surface area contributed by atoms with Crippen LogP contribution in [0.1, 0.15) is 24.2 Å². The molecule has 1 aromatic rings. The summed E-state index contributed by atoms with van der Waals surface area (Å²) in [6.45, 7) is 3.89. The highest BCUT2D eigenvalue weighted by Crippen LogP contribution is 2.19. The first-order valence-electron chi connectivity index (χ1n) is 5.27. The van der Waals surface area contributed by atoms with Gasteiger partial charge in [-0.25, -0.2) is 0 Å². The number of nitrogens with two attached hydrogens (primary N) is 1. The Labute approximate surface area is 106 Å². The molecule has 0 fully saturated rings. The summed E-state index contributed by atoms with van der Waals surface area (Å²) >= 11 is 5.85. The topological polar surface area (TPSA) is 55.1 Å². The number of halogens is 1. The Bertz CT molecular complexity index is 463. The molecular formula is C13H15ClN2O. The van der Waals surface area contributed by atoms with Crippen LogP contribution in [-0.2, 0) is 0 Å². The molecule has 17 heavy (non-hydrogen) atoms. The van der Waals surface area contributed by atoms with Crippen LogP contribution in [0.25, 0.3) is 0 Å². The first-order valence-corrected chi connectivity index (χ1v) is 5.65. The van der Waals surface area contributed by atoms with Gasteiger partial charge in [0.15, 0.2) is 0 Å². The first kappa shape index (κ1) is 13.4. The summed E-state index contributed by atoms with van der Waals surface area (Å²) in [5.74, 6) is 2.47. The van der Waals surface area contributed by atoms with Crippen molar-refractivity contribution in [1.29, 1.82) is 0 Å². The molecule has 3 nitrogen and oxygen atoms in total. The van der Waals surface area contributed by atoms with Crippen molar-refractivity contribution >= 4 is 23.2 Å². The highest BCUT2D eigenvalue weighted by Gasteiger charge is 2.15. The van der Waals surface area contributed by atoms with Gasteiger partial charge in [0, 0.05) is 5.56 Å². The van der Waals surface area contributed by atoms with Crippen LogP contribution in [-0.4, -0.2) is 11.9 Å². The van der Waals surface area contributed by atoms with Crippen molar-refractivity contribution in [1.82, 2.24) is 5.32 Å². The average molecular weight is 251 g/mol. The lowest BCUT2D eigenvalue weighted by Gasteiger charge is -2.16. The molecule has 4 heteroatoms. The van der Waals surface area contributed by atoms with Crippen LogP contribution >= 0.6 is 11.6 Å². The van der Waals surface area contributed by atoms with Gasteiger partial charge in [-0.1, -0.05) is 31.4 Å². The molecule has 0 aromatic heterocycles. The zero-order valence-electron chi connectivity index (χ0n) is 9.83. The van der Waals surface area contributed by atoms with Crippen LogP contribution in [0.4, 0.5) is 5.69 Å². The van der Waals surface area contributed by atoms with Gasteiger partial charge < -0.3 is 11.1 Å². The maximum Gasteiger partial charge on any atom is 0.252 e. The summed E-state index contributed by atoms with van der Waals surface area (Å²) < 4.78 is 0. The molecule has 0 heterocycles. The molecule has 0 saturated carbocycles. The minimum absolute atomic E-state index is 0.174. The number of amides is 1. The molecular weight excluding hydrogens is 236 g/mol. The quantitative estimate of drug-likeness (QED) is 0.639. The lowest BCUT2D eigenvalue weighted by atomic mass is 10.0. The molecule has 1 amide bonds. The van der Waals surface area contributed by atoms with Gasteiger partial charge in [-0.05, 0) is 24.1 Å². The van der Waals surface area contributed by atoms with E-state index in [2.05, 4.69) is 11.2 Å². The van der Waals surface area contributed by atoms with Crippen molar-refractivity contribution in [3.05, 3.63) is 28.8 Å². The summed E-state index contributed by atoms with van der Waals surface area (Å²) in [6.07, 6.45) is 5.34. The van der Waals surface area contributed by atoms with E-state index in [1.54, 1.807) is 12.1 Å². The largest absolute Gasteiger partial charge is 0.398 e. The number of anilines is 1. The molecule has 3 N–H and O–H groups in total. The number of terminal acetylenes is 1. The van der Waals surface area contributed by atoms with E-state index in [0.29, 0.717) is 16.3 Å². The predicted octanol–water partition coefficient (Wildman–Crippen LogP) is 2.31. The van der Waals surface area contributed by atoms with Crippen molar-refractivity contribution in [2.75, 3.05) is 5.73 Å². The van der Waals surface area contributed by atoms with Crippen molar-refractivity contribution < 1.29 is 4.79 Å². The third-order valence-electron chi connectivity index (χ3n) is 2.40. The summed E-state index contributed by atoms with van der Waals surface area (Å²) in [7, 11) is 0. The van der Waals surface area contributed by atoms with E-state index in [0.717, 1.165) is 0 Å². The Balaban J connectivity index is 2.83. The van der Waals surface area contributed by atoms with Crippen LogP contribution in [0.15, 0.2) is 18.2 Å². The van der Waals surface area contributed by atoms with E-state index in [1.807, 2.05) is 13.8 Å². The molecule has 0 aliphatic rings. The summed E-state index contributed by atoms with van der Waals surface area (Å²) in [5.41, 5.74) is 6.46. The third kappa shape index (κ3) is 3.40. The Morgan fingerprint density at radius 2 is 2.18 bits per heavy atom. The maximum absolute atomic E-state index is 11.9. The molecule has 1 unspecified atom stereocenters. The van der Waals surface area contributed by atoms with Gasteiger partial charge in [-0.15, -0.1) is 6.42 Å². The molecule has 0 bridgehead atoms. The second-order valence-electron chi connectivity index (χ2n) is 4.10. The Morgan fingerprint density at radius 1 is 1.53 bits per heavy atom. The molecule has 90 valence electrons. The second-order valence-corrected chi connectivity index (χ2v) is 4.51. The molecule has 0 spiro atoms. The summed E-state index contributed by atoms with van der Waals surface area (Å²) in [5, 5.41) is 3.12. The van der Waals surface area contributed by atoms with Gasteiger partial charge in [0.2, 0.25) is 0 Å². The van der Waals surface area contributed by atoms with Gasteiger partial charge in [0.1, 0.15) is 0 Å². The van der Waals surface area contributed by atoms with Crippen LogP contribution in [0, 0.1) is 18.3 Å². The third-order valence-corrected chi connectivity index (χ3v) is 2.72. The predicted molar refractivity (Wildman–Crippen MR) is 70.8 cm³/mol. The number of carbonyl (C=O) groups is 1. The smallest absolute Gasteiger partial charge is 0.252 e. The van der Waals surface area contributed by atoms with Gasteiger partial charge >= 0.3 is 0 Å². The molecule has 1 rings (SSSR count). The Kier molecular flexibility index (Phi) is 4.42. The van der Waals surface area contributed by atoms with E-state index >= 15 is 0 Å². The fourth-order valence-electron chi connectivity index (χ4n) is 1.29. The monoisotopic (exact) mass is 250 g/mol. The van der Waals surface area contributed by atoms with Gasteiger partial charge in [-0.3, -0.25) is 4.79 Å². The van der Waals surface area contributed by atoms with Crippen LogP contribution in [0.5, 0.6) is 0 Å². The lowest BCUT2D eigenvalue weighted by Crippen LogP contribution is -2.37. The molecule has 0 aliphatic heterocycles. The van der Waals surface area contributed by atoms with Crippen molar-refractivity contribution in [2.45, 2.75) is 19.9 Å². The molecule has 0 aliphatic carbocycles. The molecule has 1 aromatic carbocycles. The number of benzene rings is 1. The van der Waals surface area contributed by atoms with E-state index in [4.69, 9.17) is 23.8 Å². The van der Waals surface area contributed by atoms with Crippen LogP contribution < -0.4 is 11.1 Å². The van der Waals surface area contributed by atoms with Gasteiger partial charge in [0.05, 0.1) is 16.8 Å². The number of carbonyl (C=O) groups excluding carboxylic acids is 1. The van der Waals surface area contributed by atoms with E-state index in [9.17, 15) is 4.79 Å². The maximum atomic E-state index is 11.9. The highest BCUT2D eigenvalue weighted by molar-refractivity contribution is 6.33. The van der Waals surface area contributed by atoms with Crippen molar-refractivity contribution in [3.8, 4) is 12.3 Å². The van der Waals surface area contributed by atoms with Crippen molar-refractivity contribution in [3.63, 3.8) is 0 Å². The number of nitrogens with one attached hydrogen (secondary N) is 1. The second kappa shape index (κ2) is 5.60. The number of hydrogen-bond acceptors (Lipinski definition) is 2. The average Bonchev–Trinajstić information content (AvgIpc) is 2.28. The van der Waals surface area contributed by atoms with E-state index in [1.165, 1.54) is 6.07 Å². The molecule has 1 atom stereocenters. The summed E-state index contributed by atoms with van der Waals surface area (Å²) in [6, 6.07) is 4.45. The normalized spacial score (nSPS) is 11.9. The Hall–Kier alpha value is -1.66. The Morgan fingerprint density at radius 3 is 2.65 bits per heavy atom. The van der Waals surface area contributed by atoms with E-state index < -0.39 is 0 Å². The van der Waals surface area contributed by atoms with Crippen LogP contribution in [0.2, 0.25) is 5.02 Å². The molecule has 0 radical (unpaired) electrons. The lowest BCUT2D eigenvalue weighted by molar-refractivity contribution is 0.0938. The molecule has 0 saturated heterocycles. The SMILES string of the molecule is C#CC(NC(=O)c1ccc(N)c(Cl)c1)C(C)C. The van der Waals surface area contributed by atoms with E-state index in [-0.39, 0.29) is 17.9 Å². The zero-order chi connectivity index (χ0) is 13.0. The number of hydrogen-bond donors (Lipinski definition) is 2. The number of rotatable bonds is 3. The van der Waals surface area contributed by atoms with Gasteiger partial charge in [0.25, 0.3) is 5.91 Å². The van der Waals surface area contributed by atoms with Gasteiger partial charge in [-0.2, -0.15) is 0 Å². The standard InChI is InChI=1S/C13H15ClN2O/c1-4-12(8(2)3)16-13(17)9-5-6-11(15)10(14)7-9/h1,5-8,12H,15H2,2-3H3,(H,16,17). The fourth-order valence-corrected chi connectivity index (χ4v) is 1.47. The minimum atomic E-state index is -0.293. The van der Waals surface area contributed by atoms with Crippen LogP contribution in [0.3, 0.4) is 0 Å². The fraction of sp³-hybridized carbons (Fsp3) is 0.308. The minimum Gasteiger partial charge on any atom is -0.398 e. The first-order chi connectivity index (χ1) is 7.95. The van der Waals surface area contributed by atoms with Crippen molar-refractivity contribution in [2.24, 2.45) is 5.92 Å². The number of nitrogen functional groups attached to an aromatic ring is 1. The summed E-state index contributed by atoms with van der Waals surface area (Å²) in [4.78, 5) is 11.9.